The summed E-state index contributed by atoms with van der Waals surface area (Å²) >= 11 is 0.714. The molecule has 1 aromatic heterocycles. The molecule has 0 aliphatic carbocycles. The second-order valence-electron chi connectivity index (χ2n) is 5.53. The van der Waals surface area contributed by atoms with Crippen molar-refractivity contribution in [2.45, 2.75) is 22.5 Å². The Kier molecular flexibility index (Phi) is 3.70. The van der Waals surface area contributed by atoms with E-state index in [0.717, 1.165) is 5.56 Å². The molecule has 26 heavy (non-hydrogen) atoms. The molecule has 6 nitrogen and oxygen atoms in total. The molecular formula is C16H10F2N2O4S2. The smallest absolute Gasteiger partial charge is 0.395 e. The summed E-state index contributed by atoms with van der Waals surface area (Å²) in [5.41, 5.74) is 1.27. The van der Waals surface area contributed by atoms with Crippen LogP contribution < -0.4 is 9.47 Å². The molecule has 1 aliphatic heterocycles. The van der Waals surface area contributed by atoms with Crippen LogP contribution in [0.1, 0.15) is 5.56 Å². The van der Waals surface area contributed by atoms with Gasteiger partial charge in [-0.05, 0) is 48.8 Å². The normalized spacial score (nSPS) is 15.2. The minimum absolute atomic E-state index is 0.0994. The molecule has 0 spiro atoms. The van der Waals surface area contributed by atoms with Crippen LogP contribution in [-0.2, 0) is 9.84 Å². The van der Waals surface area contributed by atoms with Crippen molar-refractivity contribution < 1.29 is 26.7 Å². The number of halogens is 2. The molecule has 0 fully saturated rings. The quantitative estimate of drug-likeness (QED) is 0.672. The molecule has 2 heterocycles. The van der Waals surface area contributed by atoms with E-state index >= 15 is 0 Å². The van der Waals surface area contributed by atoms with E-state index in [1.54, 1.807) is 12.1 Å². The van der Waals surface area contributed by atoms with Gasteiger partial charge in [0.05, 0.1) is 4.90 Å². The van der Waals surface area contributed by atoms with Gasteiger partial charge in [-0.3, -0.25) is 0 Å². The zero-order valence-corrected chi connectivity index (χ0v) is 14.8. The van der Waals surface area contributed by atoms with E-state index < -0.39 is 16.1 Å². The summed E-state index contributed by atoms with van der Waals surface area (Å²) in [4.78, 5) is 4.16. The molecule has 0 N–H and O–H groups in total. The van der Waals surface area contributed by atoms with Crippen molar-refractivity contribution in [1.82, 2.24) is 9.36 Å². The number of nitrogens with zero attached hydrogens (tertiary/aromatic N) is 2. The van der Waals surface area contributed by atoms with Crippen LogP contribution in [0.2, 0.25) is 0 Å². The molecule has 0 atom stereocenters. The summed E-state index contributed by atoms with van der Waals surface area (Å²) in [5, 5.41) is 0. The number of hydrogen-bond donors (Lipinski definition) is 0. The number of rotatable bonds is 3. The molecule has 0 saturated heterocycles. The van der Waals surface area contributed by atoms with Crippen molar-refractivity contribution in [3.05, 3.63) is 48.0 Å². The van der Waals surface area contributed by atoms with Crippen molar-refractivity contribution in [2.75, 3.05) is 0 Å². The molecule has 0 radical (unpaired) electrons. The van der Waals surface area contributed by atoms with Gasteiger partial charge in [-0.25, -0.2) is 13.4 Å². The van der Waals surface area contributed by atoms with Crippen LogP contribution in [0.25, 0.3) is 11.4 Å². The second kappa shape index (κ2) is 5.71. The number of alkyl halides is 2. The zero-order chi connectivity index (χ0) is 18.5. The Morgan fingerprint density at radius 1 is 1.04 bits per heavy atom. The molecule has 0 amide bonds. The summed E-state index contributed by atoms with van der Waals surface area (Å²) in [5.74, 6) is -0.172. The highest BCUT2D eigenvalue weighted by Gasteiger charge is 2.43. The van der Waals surface area contributed by atoms with Gasteiger partial charge >= 0.3 is 6.29 Å². The third kappa shape index (κ3) is 2.90. The van der Waals surface area contributed by atoms with Gasteiger partial charge in [-0.2, -0.15) is 4.37 Å². The molecule has 3 aromatic rings. The first-order valence-electron chi connectivity index (χ1n) is 7.30. The van der Waals surface area contributed by atoms with Gasteiger partial charge in [0.2, 0.25) is 14.2 Å². The van der Waals surface area contributed by atoms with Gasteiger partial charge in [0.15, 0.2) is 17.3 Å². The van der Waals surface area contributed by atoms with Gasteiger partial charge < -0.3 is 9.47 Å². The fourth-order valence-corrected chi connectivity index (χ4v) is 4.48. The minimum Gasteiger partial charge on any atom is -0.395 e. The van der Waals surface area contributed by atoms with Crippen LogP contribution in [0.4, 0.5) is 8.78 Å². The Hall–Kier alpha value is -2.59. The Labute approximate surface area is 151 Å². The van der Waals surface area contributed by atoms with Crippen LogP contribution >= 0.6 is 11.5 Å². The SMILES string of the molecule is Cc1ccc(S(=O)(=O)c2nc(-c3ccc4c(c3)OC(F)(F)O4)ns2)cc1. The van der Waals surface area contributed by atoms with Crippen molar-refractivity contribution in [3.8, 4) is 22.9 Å². The Morgan fingerprint density at radius 2 is 1.73 bits per heavy atom. The number of sulfone groups is 1. The molecular weight excluding hydrogens is 386 g/mol. The third-order valence-corrected chi connectivity index (χ3v) is 6.47. The predicted molar refractivity (Wildman–Crippen MR) is 88.2 cm³/mol. The van der Waals surface area contributed by atoms with E-state index in [4.69, 9.17) is 0 Å². The number of aromatic nitrogens is 2. The molecule has 0 bridgehead atoms. The lowest BCUT2D eigenvalue weighted by atomic mass is 10.2. The molecule has 10 heteroatoms. The van der Waals surface area contributed by atoms with Crippen LogP contribution in [0, 0.1) is 6.92 Å². The highest BCUT2D eigenvalue weighted by molar-refractivity contribution is 7.93. The average molecular weight is 396 g/mol. The molecule has 0 unspecified atom stereocenters. The summed E-state index contributed by atoms with van der Waals surface area (Å²) in [6, 6.07) is 10.4. The summed E-state index contributed by atoms with van der Waals surface area (Å²) in [6.45, 7) is 1.85. The van der Waals surface area contributed by atoms with Crippen molar-refractivity contribution in [3.63, 3.8) is 0 Å². The lowest BCUT2D eigenvalue weighted by Gasteiger charge is -2.04. The number of benzene rings is 2. The standard InChI is InChI=1S/C16H10F2N2O4S2/c1-9-2-5-11(6-3-9)26(21,22)15-19-14(20-25-15)10-4-7-12-13(8-10)24-16(17,18)23-12/h2-8H,1H3. The van der Waals surface area contributed by atoms with Crippen LogP contribution in [0.5, 0.6) is 11.5 Å². The van der Waals surface area contributed by atoms with Gasteiger partial charge in [0.25, 0.3) is 0 Å². The van der Waals surface area contributed by atoms with E-state index in [9.17, 15) is 17.2 Å². The first-order chi connectivity index (χ1) is 12.2. The first kappa shape index (κ1) is 16.9. The molecule has 134 valence electrons. The number of hydrogen-bond acceptors (Lipinski definition) is 7. The first-order valence-corrected chi connectivity index (χ1v) is 9.56. The lowest BCUT2D eigenvalue weighted by Crippen LogP contribution is -2.25. The maximum atomic E-state index is 13.1. The van der Waals surface area contributed by atoms with Crippen molar-refractivity contribution in [1.29, 1.82) is 0 Å². The topological polar surface area (TPSA) is 78.4 Å². The third-order valence-electron chi connectivity index (χ3n) is 3.63. The van der Waals surface area contributed by atoms with E-state index in [1.165, 1.54) is 30.3 Å². The van der Waals surface area contributed by atoms with Crippen molar-refractivity contribution >= 4 is 21.4 Å². The van der Waals surface area contributed by atoms with Crippen LogP contribution in [0.3, 0.4) is 0 Å². The summed E-state index contributed by atoms with van der Waals surface area (Å²) in [7, 11) is -3.80. The number of aryl methyl sites for hydroxylation is 1. The molecule has 1 aliphatic rings. The van der Waals surface area contributed by atoms with Gasteiger partial charge in [-0.1, -0.05) is 17.7 Å². The number of ether oxygens (including phenoxy) is 2. The van der Waals surface area contributed by atoms with E-state index in [0.29, 0.717) is 17.1 Å². The maximum absolute atomic E-state index is 13.1. The Bertz CT molecular complexity index is 1100. The summed E-state index contributed by atoms with van der Waals surface area (Å²) in [6.07, 6.45) is -3.73. The lowest BCUT2D eigenvalue weighted by molar-refractivity contribution is -0.286. The van der Waals surface area contributed by atoms with Crippen LogP contribution in [0.15, 0.2) is 51.7 Å². The largest absolute Gasteiger partial charge is 0.586 e. The molecule has 0 saturated carbocycles. The highest BCUT2D eigenvalue weighted by Crippen LogP contribution is 2.42. The van der Waals surface area contributed by atoms with Crippen molar-refractivity contribution in [2.24, 2.45) is 0 Å². The second-order valence-corrected chi connectivity index (χ2v) is 8.40. The summed E-state index contributed by atoms with van der Waals surface area (Å²) < 4.78 is 64.0. The molecule has 4 rings (SSSR count). The maximum Gasteiger partial charge on any atom is 0.586 e. The monoisotopic (exact) mass is 396 g/mol. The fraction of sp³-hybridized carbons (Fsp3) is 0.125. The zero-order valence-electron chi connectivity index (χ0n) is 13.1. The Balaban J connectivity index is 1.68. The van der Waals surface area contributed by atoms with Gasteiger partial charge in [-0.15, -0.1) is 8.78 Å². The predicted octanol–water partition coefficient (Wildman–Crippen LogP) is 3.67. The van der Waals surface area contributed by atoms with Crippen LogP contribution in [-0.4, -0.2) is 24.1 Å². The van der Waals surface area contributed by atoms with Gasteiger partial charge in [0, 0.05) is 5.56 Å². The number of fused-ring (bicyclic) bond motifs is 1. The van der Waals surface area contributed by atoms with E-state index in [2.05, 4.69) is 18.8 Å². The van der Waals surface area contributed by atoms with Gasteiger partial charge in [0.1, 0.15) is 0 Å². The van der Waals surface area contributed by atoms with E-state index in [1.807, 2.05) is 6.92 Å². The van der Waals surface area contributed by atoms with E-state index in [-0.39, 0.29) is 26.6 Å². The fourth-order valence-electron chi connectivity index (χ4n) is 2.34. The Morgan fingerprint density at radius 3 is 2.46 bits per heavy atom. The average Bonchev–Trinajstić information content (AvgIpc) is 3.17. The molecule has 2 aromatic carbocycles. The minimum atomic E-state index is -3.80. The highest BCUT2D eigenvalue weighted by atomic mass is 32.2.